The van der Waals surface area contributed by atoms with Gasteiger partial charge in [-0.2, -0.15) is 0 Å². The van der Waals surface area contributed by atoms with Crippen LogP contribution in [-0.2, 0) is 6.42 Å². The van der Waals surface area contributed by atoms with Crippen molar-refractivity contribution in [1.82, 2.24) is 0 Å². The molecule has 0 spiro atoms. The van der Waals surface area contributed by atoms with Crippen LogP contribution in [-0.4, -0.2) is 0 Å². The Hall–Kier alpha value is -0.500. The van der Waals surface area contributed by atoms with Gasteiger partial charge in [0, 0.05) is 4.88 Å². The van der Waals surface area contributed by atoms with Gasteiger partial charge in [-0.25, -0.2) is 0 Å². The molecule has 1 aromatic rings. The molecule has 1 saturated carbocycles. The van der Waals surface area contributed by atoms with Gasteiger partial charge in [-0.15, -0.1) is 11.3 Å². The maximum absolute atomic E-state index is 5.77. The van der Waals surface area contributed by atoms with Crippen molar-refractivity contribution in [3.63, 3.8) is 0 Å². The van der Waals surface area contributed by atoms with Gasteiger partial charge in [0.1, 0.15) is 0 Å². The zero-order valence-electron chi connectivity index (χ0n) is 8.18. The highest BCUT2D eigenvalue weighted by molar-refractivity contribution is 7.16. The van der Waals surface area contributed by atoms with Crippen molar-refractivity contribution in [2.75, 3.05) is 5.73 Å². The van der Waals surface area contributed by atoms with E-state index in [0.717, 1.165) is 10.9 Å². The molecule has 1 aromatic heterocycles. The van der Waals surface area contributed by atoms with Crippen molar-refractivity contribution >= 4 is 16.3 Å². The minimum Gasteiger partial charge on any atom is -0.391 e. The van der Waals surface area contributed by atoms with E-state index in [1.165, 1.54) is 42.5 Å². The van der Waals surface area contributed by atoms with Gasteiger partial charge in [-0.3, -0.25) is 0 Å². The van der Waals surface area contributed by atoms with Crippen LogP contribution >= 0.6 is 11.3 Å². The van der Waals surface area contributed by atoms with Crippen molar-refractivity contribution in [2.24, 2.45) is 5.92 Å². The summed E-state index contributed by atoms with van der Waals surface area (Å²) in [5, 5.41) is 0.977. The van der Waals surface area contributed by atoms with Crippen LogP contribution in [0.3, 0.4) is 0 Å². The molecule has 0 aromatic carbocycles. The number of aryl methyl sites for hydroxylation is 1. The van der Waals surface area contributed by atoms with E-state index in [1.807, 2.05) is 0 Å². The second-order valence-corrected chi connectivity index (χ2v) is 5.37. The third-order valence-electron chi connectivity index (χ3n) is 3.02. The zero-order valence-corrected chi connectivity index (χ0v) is 8.99. The average Bonchev–Trinajstić information content (AvgIpc) is 2.63. The second kappa shape index (κ2) is 3.70. The third-order valence-corrected chi connectivity index (χ3v) is 3.94. The van der Waals surface area contributed by atoms with Gasteiger partial charge >= 0.3 is 0 Å². The number of nitrogens with two attached hydrogens (primary N) is 1. The van der Waals surface area contributed by atoms with E-state index in [9.17, 15) is 0 Å². The van der Waals surface area contributed by atoms with Gasteiger partial charge in [0.05, 0.1) is 5.00 Å². The van der Waals surface area contributed by atoms with Crippen molar-refractivity contribution in [3.8, 4) is 0 Å². The van der Waals surface area contributed by atoms with Crippen LogP contribution in [0.1, 0.15) is 36.1 Å². The summed E-state index contributed by atoms with van der Waals surface area (Å²) >= 11 is 1.73. The topological polar surface area (TPSA) is 26.0 Å². The van der Waals surface area contributed by atoms with E-state index >= 15 is 0 Å². The fourth-order valence-electron chi connectivity index (χ4n) is 2.27. The Morgan fingerprint density at radius 1 is 1.46 bits per heavy atom. The SMILES string of the molecule is Cc1sc(N)cc1CC1CCCC1. The number of anilines is 1. The Kier molecular flexibility index (Phi) is 2.58. The smallest absolute Gasteiger partial charge is 0.0861 e. The molecule has 1 fully saturated rings. The normalized spacial score (nSPS) is 18.2. The first-order chi connectivity index (χ1) is 6.25. The lowest BCUT2D eigenvalue weighted by atomic mass is 9.99. The van der Waals surface area contributed by atoms with Gasteiger partial charge in [0.15, 0.2) is 0 Å². The van der Waals surface area contributed by atoms with Crippen LogP contribution in [0.4, 0.5) is 5.00 Å². The van der Waals surface area contributed by atoms with Crippen LogP contribution in [0, 0.1) is 12.8 Å². The summed E-state index contributed by atoms with van der Waals surface area (Å²) in [6.07, 6.45) is 6.98. The van der Waals surface area contributed by atoms with Crippen LogP contribution in [0.25, 0.3) is 0 Å². The Morgan fingerprint density at radius 2 is 2.15 bits per heavy atom. The second-order valence-electron chi connectivity index (χ2n) is 4.08. The summed E-state index contributed by atoms with van der Waals surface area (Å²) in [5.41, 5.74) is 7.27. The third kappa shape index (κ3) is 2.05. The molecule has 2 heteroatoms. The molecule has 0 saturated heterocycles. The Labute approximate surface area is 84.0 Å². The first kappa shape index (κ1) is 9.07. The highest BCUT2D eigenvalue weighted by atomic mass is 32.1. The monoisotopic (exact) mass is 195 g/mol. The van der Waals surface area contributed by atoms with Gasteiger partial charge < -0.3 is 5.73 Å². The van der Waals surface area contributed by atoms with E-state index in [4.69, 9.17) is 5.73 Å². The van der Waals surface area contributed by atoms with Gasteiger partial charge in [-0.05, 0) is 30.9 Å². The fraction of sp³-hybridized carbons (Fsp3) is 0.636. The number of rotatable bonds is 2. The van der Waals surface area contributed by atoms with Crippen LogP contribution in [0.2, 0.25) is 0 Å². The summed E-state index contributed by atoms with van der Waals surface area (Å²) in [5.74, 6) is 0.938. The zero-order chi connectivity index (χ0) is 9.26. The summed E-state index contributed by atoms with van der Waals surface area (Å²) < 4.78 is 0. The number of hydrogen-bond acceptors (Lipinski definition) is 2. The van der Waals surface area contributed by atoms with Crippen molar-refractivity contribution in [3.05, 3.63) is 16.5 Å². The lowest BCUT2D eigenvalue weighted by Crippen LogP contribution is -1.98. The number of thiophene rings is 1. The summed E-state index contributed by atoms with van der Waals surface area (Å²) in [4.78, 5) is 1.42. The highest BCUT2D eigenvalue weighted by Gasteiger charge is 2.16. The minimum absolute atomic E-state index is 0.938. The Bertz CT molecular complexity index is 284. The first-order valence-electron chi connectivity index (χ1n) is 5.10. The molecule has 2 rings (SSSR count). The molecule has 13 heavy (non-hydrogen) atoms. The molecule has 0 bridgehead atoms. The molecule has 1 aliphatic rings. The van der Waals surface area contributed by atoms with Crippen molar-refractivity contribution in [2.45, 2.75) is 39.0 Å². The number of hydrogen-bond donors (Lipinski definition) is 1. The lowest BCUT2D eigenvalue weighted by Gasteiger charge is -2.07. The van der Waals surface area contributed by atoms with Crippen molar-refractivity contribution in [1.29, 1.82) is 0 Å². The maximum atomic E-state index is 5.77. The molecule has 0 atom stereocenters. The molecular formula is C11H17NS. The van der Waals surface area contributed by atoms with Gasteiger partial charge in [0.25, 0.3) is 0 Å². The van der Waals surface area contributed by atoms with Gasteiger partial charge in [-0.1, -0.05) is 25.7 Å². The molecule has 2 N–H and O–H groups in total. The van der Waals surface area contributed by atoms with Crippen LogP contribution in [0.5, 0.6) is 0 Å². The Morgan fingerprint density at radius 3 is 2.69 bits per heavy atom. The van der Waals surface area contributed by atoms with Gasteiger partial charge in [0.2, 0.25) is 0 Å². The van der Waals surface area contributed by atoms with E-state index in [2.05, 4.69) is 13.0 Å². The average molecular weight is 195 g/mol. The molecule has 1 heterocycles. The van der Waals surface area contributed by atoms with E-state index in [-0.39, 0.29) is 0 Å². The van der Waals surface area contributed by atoms with Crippen molar-refractivity contribution < 1.29 is 0 Å². The lowest BCUT2D eigenvalue weighted by molar-refractivity contribution is 0.546. The molecule has 0 unspecified atom stereocenters. The van der Waals surface area contributed by atoms with Crippen LogP contribution in [0.15, 0.2) is 6.07 Å². The molecule has 0 aliphatic heterocycles. The van der Waals surface area contributed by atoms with E-state index in [0.29, 0.717) is 0 Å². The minimum atomic E-state index is 0.938. The molecule has 1 aliphatic carbocycles. The molecule has 72 valence electrons. The molecular weight excluding hydrogens is 178 g/mol. The predicted octanol–water partition coefficient (Wildman–Crippen LogP) is 3.37. The standard InChI is InChI=1S/C11H17NS/c1-8-10(7-11(12)13-8)6-9-4-2-3-5-9/h7,9H,2-6,12H2,1H3. The van der Waals surface area contributed by atoms with E-state index in [1.54, 1.807) is 11.3 Å². The quantitative estimate of drug-likeness (QED) is 0.769. The predicted molar refractivity (Wildman–Crippen MR) is 59.1 cm³/mol. The Balaban J connectivity index is 2.03. The summed E-state index contributed by atoms with van der Waals surface area (Å²) in [6, 6.07) is 2.16. The highest BCUT2D eigenvalue weighted by Crippen LogP contribution is 2.32. The summed E-state index contributed by atoms with van der Waals surface area (Å²) in [6.45, 7) is 2.19. The molecule has 0 radical (unpaired) electrons. The summed E-state index contributed by atoms with van der Waals surface area (Å²) in [7, 11) is 0. The number of nitrogen functional groups attached to an aromatic ring is 1. The molecule has 0 amide bonds. The largest absolute Gasteiger partial charge is 0.391 e. The molecule has 1 nitrogen and oxygen atoms in total. The van der Waals surface area contributed by atoms with E-state index < -0.39 is 0 Å². The first-order valence-corrected chi connectivity index (χ1v) is 5.92. The van der Waals surface area contributed by atoms with Crippen LogP contribution < -0.4 is 5.73 Å². The maximum Gasteiger partial charge on any atom is 0.0861 e. The fourth-order valence-corrected chi connectivity index (χ4v) is 3.10.